The van der Waals surface area contributed by atoms with Crippen LogP contribution >= 0.6 is 0 Å². The quantitative estimate of drug-likeness (QED) is 0.326. The minimum Gasteiger partial charge on any atom is -0.371 e. The number of aliphatic imine (C=N–C) groups is 1. The first-order valence-electron chi connectivity index (χ1n) is 13.8. The lowest BCUT2D eigenvalue weighted by Crippen LogP contribution is -2.42. The highest BCUT2D eigenvalue weighted by atomic mass is 19.1. The maximum Gasteiger partial charge on any atom is 0.269 e. The largest absolute Gasteiger partial charge is 0.371 e. The molecule has 2 aromatic heterocycles. The van der Waals surface area contributed by atoms with E-state index in [2.05, 4.69) is 25.6 Å². The molecule has 3 aromatic carbocycles. The molecule has 7 rings (SSSR count). The summed E-state index contributed by atoms with van der Waals surface area (Å²) in [7, 11) is 0. The van der Waals surface area contributed by atoms with Crippen LogP contribution < -0.4 is 15.5 Å². The monoisotopic (exact) mass is 559 g/mol. The number of anilines is 2. The van der Waals surface area contributed by atoms with E-state index < -0.39 is 23.8 Å². The van der Waals surface area contributed by atoms with Crippen LogP contribution in [-0.2, 0) is 4.79 Å². The van der Waals surface area contributed by atoms with Gasteiger partial charge in [-0.1, -0.05) is 48.5 Å². The number of hydrogen-bond donors (Lipinski definition) is 2. The van der Waals surface area contributed by atoms with Gasteiger partial charge in [0.2, 0.25) is 6.17 Å². The van der Waals surface area contributed by atoms with E-state index in [1.54, 1.807) is 24.4 Å². The van der Waals surface area contributed by atoms with Gasteiger partial charge >= 0.3 is 0 Å². The fourth-order valence-electron chi connectivity index (χ4n) is 5.53. The van der Waals surface area contributed by atoms with E-state index in [4.69, 9.17) is 4.99 Å². The normalized spacial score (nSPS) is 16.5. The van der Waals surface area contributed by atoms with Gasteiger partial charge in [-0.15, -0.1) is 0 Å². The molecular weight excluding hydrogens is 533 g/mol. The zero-order valence-electron chi connectivity index (χ0n) is 22.5. The molecular formula is C32H26FN7O2. The third kappa shape index (κ3) is 4.56. The number of amides is 2. The smallest absolute Gasteiger partial charge is 0.269 e. The number of nitrogens with zero attached hydrogens (tertiary/aromatic N) is 5. The highest BCUT2D eigenvalue weighted by molar-refractivity contribution is 6.20. The average molecular weight is 560 g/mol. The number of halogens is 1. The van der Waals surface area contributed by atoms with E-state index in [9.17, 15) is 9.59 Å². The fourth-order valence-corrected chi connectivity index (χ4v) is 5.53. The molecule has 10 heteroatoms. The van der Waals surface area contributed by atoms with Crippen LogP contribution in [0.5, 0.6) is 0 Å². The van der Waals surface area contributed by atoms with Crippen molar-refractivity contribution in [1.29, 1.82) is 0 Å². The molecule has 4 heterocycles. The Balaban J connectivity index is 1.29. The van der Waals surface area contributed by atoms with Crippen molar-refractivity contribution in [3.8, 4) is 11.3 Å². The van der Waals surface area contributed by atoms with Crippen molar-refractivity contribution in [3.05, 3.63) is 114 Å². The molecule has 1 atom stereocenters. The van der Waals surface area contributed by atoms with Crippen molar-refractivity contribution in [2.45, 2.75) is 19.0 Å². The van der Waals surface area contributed by atoms with Crippen molar-refractivity contribution in [2.24, 2.45) is 4.99 Å². The Morgan fingerprint density at radius 2 is 1.74 bits per heavy atom. The van der Waals surface area contributed by atoms with Crippen LogP contribution in [-0.4, -0.2) is 51.4 Å². The molecule has 2 aliphatic rings. The summed E-state index contributed by atoms with van der Waals surface area (Å²) in [6.45, 7) is 1.76. The molecule has 0 unspecified atom stereocenters. The minimum absolute atomic E-state index is 0.0504. The number of rotatable bonds is 5. The average Bonchev–Trinajstić information content (AvgIpc) is 3.66. The molecule has 1 saturated heterocycles. The third-order valence-corrected chi connectivity index (χ3v) is 7.56. The van der Waals surface area contributed by atoms with E-state index in [0.717, 1.165) is 42.7 Å². The topological polar surface area (TPSA) is 104 Å². The van der Waals surface area contributed by atoms with Crippen LogP contribution in [0.25, 0.3) is 16.9 Å². The van der Waals surface area contributed by atoms with Gasteiger partial charge in [-0.25, -0.2) is 18.9 Å². The number of benzene rings is 3. The minimum atomic E-state index is -1.27. The van der Waals surface area contributed by atoms with Crippen LogP contribution in [0.4, 0.5) is 15.8 Å². The van der Waals surface area contributed by atoms with Gasteiger partial charge in [0.05, 0.1) is 11.4 Å². The standard InChI is InChI=1S/C32H26FN7O2/c33-24-19-21(39-16-6-7-17-39)13-14-22(24)28-26(30-34-15-8-18-40(30)38-28)31(41)37-29-32(42)35-25-12-5-4-11-23(25)27(36-29)20-9-2-1-3-10-20/h1-5,8-15,18-19,29H,6-7,16-17H2,(H,35,42)(H,37,41)/t29-/m1/s1. The van der Waals surface area contributed by atoms with Crippen LogP contribution in [0.15, 0.2) is 96.2 Å². The summed E-state index contributed by atoms with van der Waals surface area (Å²) in [4.78, 5) is 38.5. The molecule has 0 saturated carbocycles. The second-order valence-corrected chi connectivity index (χ2v) is 10.2. The summed E-state index contributed by atoms with van der Waals surface area (Å²) in [5.41, 5.74) is 4.02. The first-order chi connectivity index (χ1) is 20.6. The molecule has 0 radical (unpaired) electrons. The molecule has 0 spiro atoms. The van der Waals surface area contributed by atoms with Crippen molar-refractivity contribution >= 4 is 34.5 Å². The van der Waals surface area contributed by atoms with Crippen molar-refractivity contribution in [3.63, 3.8) is 0 Å². The molecule has 42 heavy (non-hydrogen) atoms. The van der Waals surface area contributed by atoms with Crippen molar-refractivity contribution in [1.82, 2.24) is 19.9 Å². The molecule has 1 fully saturated rings. The number of carbonyl (C=O) groups is 2. The Morgan fingerprint density at radius 1 is 0.952 bits per heavy atom. The van der Waals surface area contributed by atoms with E-state index in [-0.39, 0.29) is 22.5 Å². The molecule has 2 amide bonds. The van der Waals surface area contributed by atoms with Crippen LogP contribution in [0.2, 0.25) is 0 Å². The molecule has 208 valence electrons. The number of benzodiazepines with no additional fused rings is 1. The third-order valence-electron chi connectivity index (χ3n) is 7.56. The Labute approximate surface area is 240 Å². The predicted octanol–water partition coefficient (Wildman–Crippen LogP) is 4.68. The SMILES string of the molecule is O=C(N[C@H]1N=C(c2ccccc2)c2ccccc2NC1=O)c1c(-c2ccc(N3CCCC3)cc2F)nn2cccnc12. The van der Waals surface area contributed by atoms with Gasteiger partial charge in [-0.3, -0.25) is 9.59 Å². The van der Waals surface area contributed by atoms with Gasteiger partial charge in [-0.05, 0) is 43.2 Å². The number of carbonyl (C=O) groups excluding carboxylic acids is 2. The molecule has 9 nitrogen and oxygen atoms in total. The van der Waals surface area contributed by atoms with Crippen molar-refractivity contribution in [2.75, 3.05) is 23.3 Å². The van der Waals surface area contributed by atoms with Crippen LogP contribution in [0.1, 0.15) is 34.3 Å². The van der Waals surface area contributed by atoms with Crippen LogP contribution in [0.3, 0.4) is 0 Å². The van der Waals surface area contributed by atoms with Gasteiger partial charge in [-0.2, -0.15) is 5.10 Å². The Bertz CT molecular complexity index is 1860. The van der Waals surface area contributed by atoms with Gasteiger partial charge in [0.25, 0.3) is 11.8 Å². The summed E-state index contributed by atoms with van der Waals surface area (Å²) < 4.78 is 17.0. The number of nitrogens with one attached hydrogen (secondary N) is 2. The van der Waals surface area contributed by atoms with E-state index >= 15 is 4.39 Å². The summed E-state index contributed by atoms with van der Waals surface area (Å²) in [5.74, 6) is -1.65. The summed E-state index contributed by atoms with van der Waals surface area (Å²) in [5, 5.41) is 10.2. The Hall–Kier alpha value is -5.38. The van der Waals surface area contributed by atoms with Gasteiger partial charge in [0.15, 0.2) is 5.65 Å². The number of fused-ring (bicyclic) bond motifs is 2. The van der Waals surface area contributed by atoms with Gasteiger partial charge in [0.1, 0.15) is 17.1 Å². The van der Waals surface area contributed by atoms with E-state index in [0.29, 0.717) is 11.4 Å². The second kappa shape index (κ2) is 10.5. The Morgan fingerprint density at radius 3 is 2.55 bits per heavy atom. The number of para-hydroxylation sites is 1. The maximum absolute atomic E-state index is 15.6. The predicted molar refractivity (Wildman–Crippen MR) is 158 cm³/mol. The zero-order chi connectivity index (χ0) is 28.6. The lowest BCUT2D eigenvalue weighted by molar-refractivity contribution is -0.117. The summed E-state index contributed by atoms with van der Waals surface area (Å²) in [6.07, 6.45) is 4.04. The molecule has 2 aliphatic heterocycles. The van der Waals surface area contributed by atoms with Crippen LogP contribution in [0, 0.1) is 5.82 Å². The highest BCUT2D eigenvalue weighted by Crippen LogP contribution is 2.32. The lowest BCUT2D eigenvalue weighted by atomic mass is 10.0. The van der Waals surface area contributed by atoms with Gasteiger partial charge < -0.3 is 15.5 Å². The summed E-state index contributed by atoms with van der Waals surface area (Å²) >= 11 is 0. The molecule has 0 bridgehead atoms. The fraction of sp³-hybridized carbons (Fsp3) is 0.156. The first kappa shape index (κ1) is 25.6. The zero-order valence-corrected chi connectivity index (χ0v) is 22.5. The van der Waals surface area contributed by atoms with Crippen molar-refractivity contribution < 1.29 is 14.0 Å². The van der Waals surface area contributed by atoms with E-state index in [1.165, 1.54) is 16.8 Å². The molecule has 2 N–H and O–H groups in total. The second-order valence-electron chi connectivity index (χ2n) is 10.2. The number of hydrogen-bond acceptors (Lipinski definition) is 6. The number of aromatic nitrogens is 3. The maximum atomic E-state index is 15.6. The molecule has 5 aromatic rings. The van der Waals surface area contributed by atoms with Gasteiger partial charge in [0, 0.05) is 47.9 Å². The Kier molecular flexibility index (Phi) is 6.42. The lowest BCUT2D eigenvalue weighted by Gasteiger charge is -2.18. The first-order valence-corrected chi connectivity index (χ1v) is 13.8. The molecule has 0 aliphatic carbocycles. The summed E-state index contributed by atoms with van der Waals surface area (Å²) in [6, 6.07) is 23.4. The highest BCUT2D eigenvalue weighted by Gasteiger charge is 2.31. The van der Waals surface area contributed by atoms with E-state index in [1.807, 2.05) is 54.6 Å².